The van der Waals surface area contributed by atoms with E-state index in [-0.39, 0.29) is 47.5 Å². The Bertz CT molecular complexity index is 1130. The Hall–Kier alpha value is -2.08. The fourth-order valence-corrected chi connectivity index (χ4v) is 6.52. The van der Waals surface area contributed by atoms with Crippen LogP contribution in [0.4, 0.5) is 5.69 Å². The van der Waals surface area contributed by atoms with Gasteiger partial charge in [0, 0.05) is 27.4 Å². The Morgan fingerprint density at radius 1 is 0.867 bits per heavy atom. The van der Waals surface area contributed by atoms with Crippen LogP contribution in [0.3, 0.4) is 0 Å². The van der Waals surface area contributed by atoms with Crippen molar-refractivity contribution >= 4 is 58.0 Å². The molecule has 2 bridgehead atoms. The van der Waals surface area contributed by atoms with Crippen molar-refractivity contribution in [1.82, 2.24) is 0 Å². The zero-order valence-corrected chi connectivity index (χ0v) is 17.7. The third kappa shape index (κ3) is 2.40. The molecule has 0 unspecified atom stereocenters. The molecule has 8 heteroatoms. The van der Waals surface area contributed by atoms with Crippen molar-refractivity contribution in [3.05, 3.63) is 63.1 Å². The second-order valence-electron chi connectivity index (χ2n) is 8.30. The fraction of sp³-hybridized carbons (Fsp3) is 0.318. The van der Waals surface area contributed by atoms with Gasteiger partial charge in [0.15, 0.2) is 0 Å². The Labute approximate surface area is 187 Å². The molecule has 2 saturated carbocycles. The zero-order chi connectivity index (χ0) is 20.7. The summed E-state index contributed by atoms with van der Waals surface area (Å²) in [6.07, 6.45) is 0.570. The van der Waals surface area contributed by atoms with Crippen LogP contribution in [0.15, 0.2) is 47.6 Å². The molecule has 30 heavy (non-hydrogen) atoms. The summed E-state index contributed by atoms with van der Waals surface area (Å²) in [4.78, 5) is 33.7. The molecule has 2 amide bonds. The number of oxime groups is 1. The number of halogens is 3. The molecule has 2 aliphatic carbocycles. The molecule has 0 spiro atoms. The van der Waals surface area contributed by atoms with Crippen molar-refractivity contribution < 1.29 is 14.4 Å². The van der Waals surface area contributed by atoms with Gasteiger partial charge in [0.05, 0.1) is 28.3 Å². The summed E-state index contributed by atoms with van der Waals surface area (Å²) in [5.74, 6) is -1.13. The van der Waals surface area contributed by atoms with E-state index in [0.717, 1.165) is 17.7 Å². The summed E-state index contributed by atoms with van der Waals surface area (Å²) in [5.41, 5.74) is 2.07. The Balaban J connectivity index is 1.36. The van der Waals surface area contributed by atoms with Gasteiger partial charge in [-0.1, -0.05) is 46.0 Å². The maximum absolute atomic E-state index is 13.4. The largest absolute Gasteiger partial charge is 0.391 e. The van der Waals surface area contributed by atoms with Gasteiger partial charge >= 0.3 is 0 Å². The molecule has 2 heterocycles. The van der Waals surface area contributed by atoms with Gasteiger partial charge in [0.25, 0.3) is 0 Å². The number of hydrogen-bond acceptors (Lipinski definition) is 4. The van der Waals surface area contributed by atoms with Crippen LogP contribution in [-0.4, -0.2) is 23.6 Å². The Morgan fingerprint density at radius 2 is 1.53 bits per heavy atom. The third-order valence-electron chi connectivity index (χ3n) is 6.98. The highest BCUT2D eigenvalue weighted by Crippen LogP contribution is 2.62. The fourth-order valence-electron chi connectivity index (χ4n) is 5.89. The summed E-state index contributed by atoms with van der Waals surface area (Å²) in [6.45, 7) is 0. The number of hydrogen-bond donors (Lipinski definition) is 0. The summed E-state index contributed by atoms with van der Waals surface area (Å²) in [5, 5.41) is 5.93. The van der Waals surface area contributed by atoms with Crippen LogP contribution in [0.5, 0.6) is 0 Å². The van der Waals surface area contributed by atoms with Gasteiger partial charge in [0.1, 0.15) is 6.10 Å². The van der Waals surface area contributed by atoms with E-state index in [1.165, 1.54) is 4.90 Å². The summed E-state index contributed by atoms with van der Waals surface area (Å²) < 4.78 is 0. The summed E-state index contributed by atoms with van der Waals surface area (Å²) >= 11 is 18.4. The predicted octanol–water partition coefficient (Wildman–Crippen LogP) is 4.82. The minimum absolute atomic E-state index is 0.00764. The third-order valence-corrected chi connectivity index (χ3v) is 7.78. The Kier molecular flexibility index (Phi) is 4.02. The highest BCUT2D eigenvalue weighted by molar-refractivity contribution is 6.37. The van der Waals surface area contributed by atoms with E-state index in [1.807, 2.05) is 6.07 Å². The van der Waals surface area contributed by atoms with Crippen molar-refractivity contribution in [2.45, 2.75) is 12.5 Å². The molecule has 0 aromatic heterocycles. The van der Waals surface area contributed by atoms with Gasteiger partial charge in [-0.2, -0.15) is 0 Å². The summed E-state index contributed by atoms with van der Waals surface area (Å²) in [7, 11) is 0. The number of rotatable bonds is 2. The second-order valence-corrected chi connectivity index (χ2v) is 9.58. The molecular weight excluding hydrogens is 447 g/mol. The van der Waals surface area contributed by atoms with Crippen molar-refractivity contribution in [3.63, 3.8) is 0 Å². The number of benzene rings is 2. The van der Waals surface area contributed by atoms with Crippen LogP contribution in [0.2, 0.25) is 15.1 Å². The predicted molar refractivity (Wildman–Crippen MR) is 114 cm³/mol. The standard InChI is InChI=1S/C22H15Cl3N2O3/c23-9-1-4-11(5-2-9)27-21(28)16-13-8-14(17(16)22(27)29)20-18(13)19(26-30-20)12-6-3-10(24)7-15(12)25/h1-7,13-14,16-18,20H,8H2/t13-,14+,16-,17+,18+,20-/m1/s1. The highest BCUT2D eigenvalue weighted by Gasteiger charge is 2.70. The first-order valence-electron chi connectivity index (χ1n) is 9.78. The van der Waals surface area contributed by atoms with Gasteiger partial charge in [0.2, 0.25) is 11.8 Å². The minimum atomic E-state index is -0.366. The van der Waals surface area contributed by atoms with Crippen LogP contribution in [0.25, 0.3) is 0 Å². The molecule has 152 valence electrons. The number of imide groups is 1. The summed E-state index contributed by atoms with van der Waals surface area (Å²) in [6, 6.07) is 12.1. The molecule has 2 aromatic rings. The van der Waals surface area contributed by atoms with E-state index in [0.29, 0.717) is 20.8 Å². The topological polar surface area (TPSA) is 59.0 Å². The molecule has 0 radical (unpaired) electrons. The van der Waals surface area contributed by atoms with Crippen LogP contribution >= 0.6 is 34.8 Å². The quantitative estimate of drug-likeness (QED) is 0.602. The van der Waals surface area contributed by atoms with Crippen LogP contribution in [-0.2, 0) is 14.4 Å². The van der Waals surface area contributed by atoms with E-state index in [2.05, 4.69) is 5.16 Å². The molecule has 4 aliphatic rings. The Morgan fingerprint density at radius 3 is 2.23 bits per heavy atom. The average molecular weight is 462 g/mol. The van der Waals surface area contributed by atoms with E-state index < -0.39 is 0 Å². The van der Waals surface area contributed by atoms with Crippen molar-refractivity contribution in [3.8, 4) is 0 Å². The first-order valence-corrected chi connectivity index (χ1v) is 10.9. The molecule has 5 nitrogen and oxygen atoms in total. The van der Waals surface area contributed by atoms with Gasteiger partial charge in [-0.3, -0.25) is 14.5 Å². The molecule has 0 N–H and O–H groups in total. The first-order chi connectivity index (χ1) is 14.5. The number of amides is 2. The maximum atomic E-state index is 13.4. The van der Waals surface area contributed by atoms with Crippen LogP contribution in [0.1, 0.15) is 12.0 Å². The van der Waals surface area contributed by atoms with Gasteiger partial charge < -0.3 is 4.84 Å². The zero-order valence-electron chi connectivity index (χ0n) is 15.5. The lowest BCUT2D eigenvalue weighted by Crippen LogP contribution is -2.41. The monoisotopic (exact) mass is 460 g/mol. The molecule has 1 saturated heterocycles. The SMILES string of the molecule is O=C1[C@@H]2[C@H]3C[C@H]([C@H]4ON=C(c5ccc(Cl)cc5Cl)[C@H]34)[C@@H]2C(=O)N1c1ccc(Cl)cc1. The lowest BCUT2D eigenvalue weighted by molar-refractivity contribution is -0.125. The van der Waals surface area contributed by atoms with Crippen molar-refractivity contribution in [1.29, 1.82) is 0 Å². The van der Waals surface area contributed by atoms with Gasteiger partial charge in [-0.15, -0.1) is 0 Å². The molecule has 2 aromatic carbocycles. The average Bonchev–Trinajstić information content (AvgIpc) is 3.44. The number of nitrogens with zero attached hydrogens (tertiary/aromatic N) is 2. The number of carbonyl (C=O) groups excluding carboxylic acids is 2. The molecular formula is C22H15Cl3N2O3. The molecule has 3 fully saturated rings. The first kappa shape index (κ1) is 18.7. The second kappa shape index (κ2) is 6.46. The van der Waals surface area contributed by atoms with Crippen LogP contribution in [0, 0.1) is 29.6 Å². The van der Waals surface area contributed by atoms with Gasteiger partial charge in [-0.05, 0) is 48.7 Å². The lowest BCUT2D eigenvalue weighted by Gasteiger charge is -2.30. The number of anilines is 1. The van der Waals surface area contributed by atoms with E-state index in [9.17, 15) is 9.59 Å². The van der Waals surface area contributed by atoms with E-state index >= 15 is 0 Å². The molecule has 2 aliphatic heterocycles. The van der Waals surface area contributed by atoms with Crippen molar-refractivity contribution in [2.24, 2.45) is 34.7 Å². The van der Waals surface area contributed by atoms with Crippen LogP contribution < -0.4 is 4.90 Å². The van der Waals surface area contributed by atoms with Crippen molar-refractivity contribution in [2.75, 3.05) is 4.90 Å². The normalized spacial score (nSPS) is 33.6. The molecule has 6 atom stereocenters. The maximum Gasteiger partial charge on any atom is 0.238 e. The van der Waals surface area contributed by atoms with E-state index in [1.54, 1.807) is 36.4 Å². The number of carbonyl (C=O) groups is 2. The number of fused-ring (bicyclic) bond motifs is 8. The smallest absolute Gasteiger partial charge is 0.238 e. The molecule has 6 rings (SSSR count). The highest BCUT2D eigenvalue weighted by atomic mass is 35.5. The minimum Gasteiger partial charge on any atom is -0.391 e. The van der Waals surface area contributed by atoms with E-state index in [4.69, 9.17) is 39.6 Å². The van der Waals surface area contributed by atoms with Gasteiger partial charge in [-0.25, -0.2) is 0 Å². The lowest BCUT2D eigenvalue weighted by atomic mass is 9.71.